The first-order valence-corrected chi connectivity index (χ1v) is 12.5. The van der Waals surface area contributed by atoms with E-state index in [9.17, 15) is 4.79 Å². The zero-order chi connectivity index (χ0) is 22.6. The molecule has 2 heterocycles. The third-order valence-corrected chi connectivity index (χ3v) is 7.17. The summed E-state index contributed by atoms with van der Waals surface area (Å²) >= 11 is 0. The summed E-state index contributed by atoms with van der Waals surface area (Å²) < 4.78 is 2.18. The largest absolute Gasteiger partial charge is 0.339 e. The number of para-hydroxylation sites is 1. The number of rotatable bonds is 7. The minimum Gasteiger partial charge on any atom is -0.339 e. The van der Waals surface area contributed by atoms with E-state index in [1.165, 1.54) is 23.4 Å². The highest BCUT2D eigenvalue weighted by Gasteiger charge is 2.30. The highest BCUT2D eigenvalue weighted by molar-refractivity contribution is 5.94. The van der Waals surface area contributed by atoms with Gasteiger partial charge in [-0.25, -0.2) is 4.68 Å². The van der Waals surface area contributed by atoms with Crippen LogP contribution in [0, 0.1) is 0 Å². The molecule has 1 aliphatic carbocycles. The molecule has 0 N–H and O–H groups in total. The quantitative estimate of drug-likeness (QED) is 0.524. The van der Waals surface area contributed by atoms with Gasteiger partial charge in [-0.3, -0.25) is 9.69 Å². The van der Waals surface area contributed by atoms with E-state index in [0.717, 1.165) is 69.5 Å². The fourth-order valence-electron chi connectivity index (χ4n) is 5.49. The van der Waals surface area contributed by atoms with E-state index in [0.29, 0.717) is 6.04 Å². The van der Waals surface area contributed by atoms with E-state index in [4.69, 9.17) is 5.10 Å². The molecular weight excluding hydrogens is 408 g/mol. The third-order valence-electron chi connectivity index (χ3n) is 7.17. The maximum atomic E-state index is 12.9. The maximum absolute atomic E-state index is 12.9. The van der Waals surface area contributed by atoms with E-state index in [1.807, 2.05) is 35.2 Å². The van der Waals surface area contributed by atoms with Crippen LogP contribution < -0.4 is 0 Å². The fraction of sp³-hybridized carbons (Fsp3) is 0.429. The first kappa shape index (κ1) is 21.9. The van der Waals surface area contributed by atoms with Gasteiger partial charge in [0.1, 0.15) is 0 Å². The van der Waals surface area contributed by atoms with Gasteiger partial charge >= 0.3 is 0 Å². The lowest BCUT2D eigenvalue weighted by Gasteiger charge is -2.38. The molecule has 5 nitrogen and oxygen atoms in total. The fourth-order valence-corrected chi connectivity index (χ4v) is 5.49. The molecule has 1 amide bonds. The van der Waals surface area contributed by atoms with Crippen LogP contribution in [-0.4, -0.2) is 51.2 Å². The summed E-state index contributed by atoms with van der Waals surface area (Å²) in [6.07, 6.45) is 6.67. The van der Waals surface area contributed by atoms with Crippen molar-refractivity contribution in [2.75, 3.05) is 19.6 Å². The summed E-state index contributed by atoms with van der Waals surface area (Å²) in [5, 5.41) is 5.11. The Hall–Kier alpha value is -2.92. The minimum atomic E-state index is 0.163. The number of hydrogen-bond donors (Lipinski definition) is 0. The second-order valence-electron chi connectivity index (χ2n) is 9.33. The van der Waals surface area contributed by atoms with E-state index >= 15 is 0 Å². The molecule has 172 valence electrons. The number of carbonyl (C=O) groups is 1. The van der Waals surface area contributed by atoms with E-state index < -0.39 is 0 Å². The molecule has 5 rings (SSSR count). The van der Waals surface area contributed by atoms with Crippen LogP contribution >= 0.6 is 0 Å². The second kappa shape index (κ2) is 9.92. The highest BCUT2D eigenvalue weighted by atomic mass is 16.2. The van der Waals surface area contributed by atoms with Crippen molar-refractivity contribution in [2.45, 2.75) is 58.0 Å². The molecule has 0 atom stereocenters. The SMILES string of the molecule is CCCN(Cc1nn(-c2ccccc2)c2c1CCC2)C1CCN(C(=O)c2ccccc2)CC1. The van der Waals surface area contributed by atoms with Crippen LogP contribution in [0.1, 0.15) is 59.9 Å². The average molecular weight is 443 g/mol. The Bertz CT molecular complexity index is 1070. The van der Waals surface area contributed by atoms with Crippen molar-refractivity contribution in [3.8, 4) is 5.69 Å². The van der Waals surface area contributed by atoms with Crippen molar-refractivity contribution in [3.63, 3.8) is 0 Å². The maximum Gasteiger partial charge on any atom is 0.253 e. The van der Waals surface area contributed by atoms with Crippen molar-refractivity contribution in [1.82, 2.24) is 19.6 Å². The van der Waals surface area contributed by atoms with Crippen molar-refractivity contribution in [3.05, 3.63) is 83.2 Å². The molecule has 1 fully saturated rings. The summed E-state index contributed by atoms with van der Waals surface area (Å²) in [4.78, 5) is 17.5. The number of fused-ring (bicyclic) bond motifs is 1. The molecule has 0 unspecified atom stereocenters. The molecule has 1 aromatic heterocycles. The first-order chi connectivity index (χ1) is 16.2. The Morgan fingerprint density at radius 1 is 1.00 bits per heavy atom. The Balaban J connectivity index is 1.29. The van der Waals surface area contributed by atoms with Gasteiger partial charge in [-0.15, -0.1) is 0 Å². The molecule has 0 bridgehead atoms. The van der Waals surface area contributed by atoms with Crippen LogP contribution in [0.3, 0.4) is 0 Å². The molecule has 2 aliphatic rings. The van der Waals surface area contributed by atoms with Crippen molar-refractivity contribution in [2.24, 2.45) is 0 Å². The van der Waals surface area contributed by atoms with Gasteiger partial charge in [0.15, 0.2) is 0 Å². The van der Waals surface area contributed by atoms with Crippen LogP contribution in [0.4, 0.5) is 0 Å². The lowest BCUT2D eigenvalue weighted by molar-refractivity contribution is 0.0605. The number of carbonyl (C=O) groups excluding carboxylic acids is 1. The van der Waals surface area contributed by atoms with Crippen LogP contribution in [0.5, 0.6) is 0 Å². The number of amides is 1. The molecule has 0 spiro atoms. The van der Waals surface area contributed by atoms with Gasteiger partial charge < -0.3 is 4.90 Å². The first-order valence-electron chi connectivity index (χ1n) is 12.5. The van der Waals surface area contributed by atoms with Gasteiger partial charge in [0, 0.05) is 36.9 Å². The molecule has 5 heteroatoms. The summed E-state index contributed by atoms with van der Waals surface area (Å²) in [5.41, 5.74) is 6.08. The van der Waals surface area contributed by atoms with Gasteiger partial charge in [-0.1, -0.05) is 43.3 Å². The minimum absolute atomic E-state index is 0.163. The van der Waals surface area contributed by atoms with Crippen molar-refractivity contribution >= 4 is 5.91 Å². The molecule has 1 aliphatic heterocycles. The number of aromatic nitrogens is 2. The van der Waals surface area contributed by atoms with Crippen LogP contribution in [-0.2, 0) is 19.4 Å². The Labute approximate surface area is 197 Å². The zero-order valence-electron chi connectivity index (χ0n) is 19.6. The van der Waals surface area contributed by atoms with E-state index in [1.54, 1.807) is 0 Å². The van der Waals surface area contributed by atoms with E-state index in [2.05, 4.69) is 46.8 Å². The number of benzene rings is 2. The van der Waals surface area contributed by atoms with Crippen LogP contribution in [0.15, 0.2) is 60.7 Å². The number of likely N-dealkylation sites (tertiary alicyclic amines) is 1. The molecule has 2 aromatic carbocycles. The summed E-state index contributed by atoms with van der Waals surface area (Å²) in [6, 6.07) is 20.7. The average Bonchev–Trinajstić information content (AvgIpc) is 3.48. The van der Waals surface area contributed by atoms with Crippen molar-refractivity contribution < 1.29 is 4.79 Å². The summed E-state index contributed by atoms with van der Waals surface area (Å²) in [6.45, 7) is 5.90. The normalized spacial score (nSPS) is 16.4. The lowest BCUT2D eigenvalue weighted by atomic mass is 10.0. The van der Waals surface area contributed by atoms with Gasteiger partial charge in [0.05, 0.1) is 11.4 Å². The standard InChI is InChI=1S/C28H34N4O/c1-2-18-31(23-16-19-30(20-17-23)28(33)22-10-5-3-6-11-22)21-26-25-14-9-15-27(25)32(29-26)24-12-7-4-8-13-24/h3-8,10-13,23H,2,9,14-21H2,1H3. The highest BCUT2D eigenvalue weighted by Crippen LogP contribution is 2.30. The smallest absolute Gasteiger partial charge is 0.253 e. The van der Waals surface area contributed by atoms with Crippen LogP contribution in [0.25, 0.3) is 5.69 Å². The Morgan fingerprint density at radius 3 is 2.39 bits per heavy atom. The molecule has 0 radical (unpaired) electrons. The van der Waals surface area contributed by atoms with Gasteiger partial charge in [0.25, 0.3) is 5.91 Å². The number of hydrogen-bond acceptors (Lipinski definition) is 3. The van der Waals surface area contributed by atoms with Gasteiger partial charge in [0.2, 0.25) is 0 Å². The molecule has 1 saturated heterocycles. The van der Waals surface area contributed by atoms with E-state index in [-0.39, 0.29) is 5.91 Å². The molecule has 3 aromatic rings. The topological polar surface area (TPSA) is 41.4 Å². The molecular formula is C28H34N4O. The Kier molecular flexibility index (Phi) is 6.58. The lowest BCUT2D eigenvalue weighted by Crippen LogP contribution is -2.46. The number of piperidine rings is 1. The van der Waals surface area contributed by atoms with Crippen molar-refractivity contribution in [1.29, 1.82) is 0 Å². The second-order valence-corrected chi connectivity index (χ2v) is 9.33. The monoisotopic (exact) mass is 442 g/mol. The number of nitrogens with zero attached hydrogens (tertiary/aromatic N) is 4. The summed E-state index contributed by atoms with van der Waals surface area (Å²) in [7, 11) is 0. The zero-order valence-corrected chi connectivity index (χ0v) is 19.6. The molecule has 33 heavy (non-hydrogen) atoms. The van der Waals surface area contributed by atoms with Crippen LogP contribution in [0.2, 0.25) is 0 Å². The predicted octanol–water partition coefficient (Wildman–Crippen LogP) is 4.88. The van der Waals surface area contributed by atoms with Gasteiger partial charge in [-0.05, 0) is 74.9 Å². The molecule has 0 saturated carbocycles. The predicted molar refractivity (Wildman–Crippen MR) is 132 cm³/mol. The summed E-state index contributed by atoms with van der Waals surface area (Å²) in [5.74, 6) is 0.163. The third kappa shape index (κ3) is 4.60. The van der Waals surface area contributed by atoms with Gasteiger partial charge in [-0.2, -0.15) is 5.10 Å². The Morgan fingerprint density at radius 2 is 1.70 bits per heavy atom.